The van der Waals surface area contributed by atoms with Crippen LogP contribution >= 0.6 is 11.6 Å². The van der Waals surface area contributed by atoms with Gasteiger partial charge in [0.15, 0.2) is 0 Å². The van der Waals surface area contributed by atoms with Crippen molar-refractivity contribution in [3.8, 4) is 0 Å². The molecule has 0 atom stereocenters. The van der Waals surface area contributed by atoms with Crippen LogP contribution in [0.25, 0.3) is 0 Å². The maximum absolute atomic E-state index is 13.2. The molecule has 0 fully saturated rings. The molecule has 1 aromatic heterocycles. The highest BCUT2D eigenvalue weighted by molar-refractivity contribution is 6.90. The van der Waals surface area contributed by atoms with E-state index in [4.69, 9.17) is 11.6 Å². The Bertz CT molecular complexity index is 275. The number of halogens is 2. The Balaban J connectivity index is 3.31. The van der Waals surface area contributed by atoms with Gasteiger partial charge in [-0.25, -0.2) is 4.98 Å². The second-order valence-electron chi connectivity index (χ2n) is 3.71. The lowest BCUT2D eigenvalue weighted by Crippen LogP contribution is -2.41. The van der Waals surface area contributed by atoms with Crippen molar-refractivity contribution in [1.29, 1.82) is 0 Å². The van der Waals surface area contributed by atoms with Crippen molar-refractivity contribution in [2.75, 3.05) is 0 Å². The summed E-state index contributed by atoms with van der Waals surface area (Å²) in [5.41, 5.74) is 0. The zero-order chi connectivity index (χ0) is 9.35. The topological polar surface area (TPSA) is 12.9 Å². The summed E-state index contributed by atoms with van der Waals surface area (Å²) in [5.74, 6) is -0.415. The fourth-order valence-electron chi connectivity index (χ4n) is 1.08. The van der Waals surface area contributed by atoms with Crippen LogP contribution in [0, 0.1) is 5.95 Å². The first-order valence-corrected chi connectivity index (χ1v) is 7.61. The van der Waals surface area contributed by atoms with Crippen molar-refractivity contribution in [2.24, 2.45) is 0 Å². The summed E-state index contributed by atoms with van der Waals surface area (Å²) in [4.78, 5) is 3.59. The van der Waals surface area contributed by atoms with Gasteiger partial charge in [0.1, 0.15) is 0 Å². The fourth-order valence-corrected chi connectivity index (χ4v) is 3.55. The first-order valence-electron chi connectivity index (χ1n) is 3.73. The molecule has 0 amide bonds. The van der Waals surface area contributed by atoms with Gasteiger partial charge in [0.05, 0.1) is 8.07 Å². The SMILES string of the molecule is C[Si](C)(C)c1c(Cl)ccnc1F. The third kappa shape index (κ3) is 1.84. The van der Waals surface area contributed by atoms with Crippen molar-refractivity contribution in [3.63, 3.8) is 0 Å². The van der Waals surface area contributed by atoms with E-state index in [0.29, 0.717) is 10.2 Å². The summed E-state index contributed by atoms with van der Waals surface area (Å²) < 4.78 is 13.2. The molecule has 1 nitrogen and oxygen atoms in total. The van der Waals surface area contributed by atoms with E-state index in [9.17, 15) is 4.39 Å². The zero-order valence-corrected chi connectivity index (χ0v) is 9.11. The molecule has 0 saturated carbocycles. The molecule has 0 unspecified atom stereocenters. The van der Waals surface area contributed by atoms with Crippen LogP contribution < -0.4 is 5.19 Å². The van der Waals surface area contributed by atoms with Gasteiger partial charge in [-0.3, -0.25) is 0 Å². The predicted octanol–water partition coefficient (Wildman–Crippen LogP) is 2.42. The molecule has 0 aromatic carbocycles. The van der Waals surface area contributed by atoms with Gasteiger partial charge in [0.25, 0.3) is 0 Å². The van der Waals surface area contributed by atoms with E-state index in [1.165, 1.54) is 6.20 Å². The highest BCUT2D eigenvalue weighted by atomic mass is 35.5. The van der Waals surface area contributed by atoms with Crippen molar-refractivity contribution >= 4 is 24.9 Å². The molecule has 0 spiro atoms. The Morgan fingerprint density at radius 3 is 2.33 bits per heavy atom. The summed E-state index contributed by atoms with van der Waals surface area (Å²) in [6.07, 6.45) is 1.39. The Morgan fingerprint density at radius 2 is 2.00 bits per heavy atom. The number of aromatic nitrogens is 1. The molecule has 1 heterocycles. The lowest BCUT2D eigenvalue weighted by molar-refractivity contribution is 0.591. The molecule has 0 aliphatic rings. The van der Waals surface area contributed by atoms with Gasteiger partial charge in [-0.15, -0.1) is 0 Å². The van der Waals surface area contributed by atoms with Gasteiger partial charge in [0.2, 0.25) is 5.95 Å². The smallest absolute Gasteiger partial charge is 0.213 e. The van der Waals surface area contributed by atoms with Crippen LogP contribution in [-0.2, 0) is 0 Å². The van der Waals surface area contributed by atoms with Crippen molar-refractivity contribution in [3.05, 3.63) is 23.2 Å². The Kier molecular flexibility index (Phi) is 2.54. The summed E-state index contributed by atoms with van der Waals surface area (Å²) in [6.45, 7) is 6.12. The van der Waals surface area contributed by atoms with E-state index in [1.807, 2.05) is 19.6 Å². The maximum Gasteiger partial charge on any atom is 0.213 e. The molecule has 0 bridgehead atoms. The number of hydrogen-bond acceptors (Lipinski definition) is 1. The van der Waals surface area contributed by atoms with E-state index in [1.54, 1.807) is 6.07 Å². The molecule has 66 valence electrons. The van der Waals surface area contributed by atoms with Gasteiger partial charge in [-0.05, 0) is 6.07 Å². The van der Waals surface area contributed by atoms with Crippen molar-refractivity contribution < 1.29 is 4.39 Å². The second kappa shape index (κ2) is 3.15. The largest absolute Gasteiger partial charge is 0.228 e. The van der Waals surface area contributed by atoms with Crippen LogP contribution in [0.1, 0.15) is 0 Å². The number of rotatable bonds is 1. The Morgan fingerprint density at radius 1 is 1.42 bits per heavy atom. The minimum Gasteiger partial charge on any atom is -0.228 e. The van der Waals surface area contributed by atoms with E-state index in [0.717, 1.165) is 0 Å². The highest BCUT2D eigenvalue weighted by Crippen LogP contribution is 2.12. The molecular weight excluding hydrogens is 193 g/mol. The van der Waals surface area contributed by atoms with E-state index < -0.39 is 14.0 Å². The molecule has 1 rings (SSSR count). The third-order valence-corrected chi connectivity index (χ3v) is 4.05. The Labute approximate surface area is 77.6 Å². The van der Waals surface area contributed by atoms with Gasteiger partial charge in [-0.2, -0.15) is 4.39 Å². The molecule has 0 aliphatic carbocycles. The van der Waals surface area contributed by atoms with Gasteiger partial charge < -0.3 is 0 Å². The van der Waals surface area contributed by atoms with Crippen LogP contribution in [0.15, 0.2) is 12.3 Å². The number of hydrogen-bond donors (Lipinski definition) is 0. The maximum atomic E-state index is 13.2. The van der Waals surface area contributed by atoms with Gasteiger partial charge in [-0.1, -0.05) is 31.2 Å². The molecule has 0 saturated heterocycles. The summed E-state index contributed by atoms with van der Waals surface area (Å²) in [5, 5.41) is 1.12. The molecule has 12 heavy (non-hydrogen) atoms. The van der Waals surface area contributed by atoms with E-state index >= 15 is 0 Å². The number of pyridine rings is 1. The first kappa shape index (κ1) is 9.67. The zero-order valence-electron chi connectivity index (χ0n) is 7.36. The molecule has 0 radical (unpaired) electrons. The average Bonchev–Trinajstić information content (AvgIpc) is 1.82. The molecule has 0 N–H and O–H groups in total. The average molecular weight is 204 g/mol. The highest BCUT2D eigenvalue weighted by Gasteiger charge is 2.24. The molecular formula is C8H11ClFNSi. The van der Waals surface area contributed by atoms with E-state index in [-0.39, 0.29) is 0 Å². The number of nitrogens with zero attached hydrogens (tertiary/aromatic N) is 1. The van der Waals surface area contributed by atoms with Crippen LogP contribution in [0.3, 0.4) is 0 Å². The second-order valence-corrected chi connectivity index (χ2v) is 9.12. The predicted molar refractivity (Wildman–Crippen MR) is 52.2 cm³/mol. The van der Waals surface area contributed by atoms with Crippen molar-refractivity contribution in [2.45, 2.75) is 19.6 Å². The summed E-state index contributed by atoms with van der Waals surface area (Å²) in [6, 6.07) is 1.64. The van der Waals surface area contributed by atoms with Crippen LogP contribution in [0.4, 0.5) is 4.39 Å². The standard InChI is InChI=1S/C8H11ClFNSi/c1-12(2,3)7-6(9)4-5-11-8(7)10/h4-5H,1-3H3. The quantitative estimate of drug-likeness (QED) is 0.505. The molecule has 0 aliphatic heterocycles. The fraction of sp³-hybridized carbons (Fsp3) is 0.375. The minimum absolute atomic E-state index is 0.415. The first-order chi connectivity index (χ1) is 5.43. The lowest BCUT2D eigenvalue weighted by Gasteiger charge is -2.17. The van der Waals surface area contributed by atoms with Crippen LogP contribution in [0.5, 0.6) is 0 Å². The Hall–Kier alpha value is -0.413. The molecule has 4 heteroatoms. The van der Waals surface area contributed by atoms with Gasteiger partial charge in [0, 0.05) is 16.4 Å². The minimum atomic E-state index is -1.69. The normalized spacial score (nSPS) is 11.8. The van der Waals surface area contributed by atoms with E-state index in [2.05, 4.69) is 4.98 Å². The third-order valence-electron chi connectivity index (χ3n) is 1.60. The summed E-state index contributed by atoms with van der Waals surface area (Å²) in [7, 11) is -1.69. The molecule has 1 aromatic rings. The van der Waals surface area contributed by atoms with Crippen molar-refractivity contribution in [1.82, 2.24) is 4.98 Å². The lowest BCUT2D eigenvalue weighted by atomic mass is 10.5. The van der Waals surface area contributed by atoms with Crippen LogP contribution in [-0.4, -0.2) is 13.1 Å². The summed E-state index contributed by atoms with van der Waals surface area (Å²) >= 11 is 5.87. The van der Waals surface area contributed by atoms with Crippen LogP contribution in [0.2, 0.25) is 24.7 Å². The monoisotopic (exact) mass is 203 g/mol. The van der Waals surface area contributed by atoms with Gasteiger partial charge >= 0.3 is 0 Å².